The van der Waals surface area contributed by atoms with E-state index in [9.17, 15) is 4.39 Å². The predicted octanol–water partition coefficient (Wildman–Crippen LogP) is 4.71. The van der Waals surface area contributed by atoms with Crippen LogP contribution in [-0.2, 0) is 0 Å². The molecule has 3 unspecified atom stereocenters. The highest BCUT2D eigenvalue weighted by atomic mass is 32.1. The van der Waals surface area contributed by atoms with Gasteiger partial charge < -0.3 is 0 Å². The van der Waals surface area contributed by atoms with Crippen LogP contribution in [0.15, 0.2) is 51.9 Å². The maximum absolute atomic E-state index is 13.3. The van der Waals surface area contributed by atoms with E-state index in [2.05, 4.69) is 32.2 Å². The molecule has 4 rings (SSSR count). The number of thiazole rings is 1. The molecule has 0 radical (unpaired) electrons. The number of fused-ring (bicyclic) bond motifs is 2. The van der Waals surface area contributed by atoms with E-state index in [-0.39, 0.29) is 11.9 Å². The Morgan fingerprint density at radius 3 is 2.64 bits per heavy atom. The van der Waals surface area contributed by atoms with Gasteiger partial charge in [0.25, 0.3) is 0 Å². The van der Waals surface area contributed by atoms with Crippen molar-refractivity contribution >= 4 is 17.6 Å². The summed E-state index contributed by atoms with van der Waals surface area (Å²) in [5.41, 5.74) is 1.91. The Labute approximate surface area is 151 Å². The lowest BCUT2D eigenvalue weighted by Crippen LogP contribution is -2.16. The summed E-state index contributed by atoms with van der Waals surface area (Å²) in [5.74, 6) is 1.64. The highest BCUT2D eigenvalue weighted by Crippen LogP contribution is 2.42. The summed E-state index contributed by atoms with van der Waals surface area (Å²) in [5, 5.41) is 6.85. The molecule has 1 heterocycles. The van der Waals surface area contributed by atoms with Gasteiger partial charge in [-0.2, -0.15) is 5.10 Å². The third kappa shape index (κ3) is 3.38. The number of halogens is 1. The molecule has 2 aliphatic carbocycles. The van der Waals surface area contributed by atoms with Gasteiger partial charge in [-0.15, -0.1) is 11.3 Å². The van der Waals surface area contributed by atoms with E-state index >= 15 is 0 Å². The molecule has 0 amide bonds. The Kier molecular flexibility index (Phi) is 4.42. The summed E-state index contributed by atoms with van der Waals surface area (Å²) >= 11 is 1.58. The van der Waals surface area contributed by atoms with Crippen molar-refractivity contribution in [1.82, 2.24) is 4.68 Å². The molecule has 1 aromatic heterocycles. The van der Waals surface area contributed by atoms with Crippen molar-refractivity contribution in [2.24, 2.45) is 27.8 Å². The largest absolute Gasteiger partial charge is 0.255 e. The van der Waals surface area contributed by atoms with Gasteiger partial charge in [0, 0.05) is 29.1 Å². The maximum Gasteiger partial charge on any atom is 0.206 e. The van der Waals surface area contributed by atoms with Gasteiger partial charge in [0.1, 0.15) is 5.82 Å². The highest BCUT2D eigenvalue weighted by molar-refractivity contribution is 7.07. The van der Waals surface area contributed by atoms with Gasteiger partial charge in [-0.3, -0.25) is 4.99 Å². The molecule has 0 saturated heterocycles. The molecule has 1 aromatic carbocycles. The van der Waals surface area contributed by atoms with Gasteiger partial charge in [0.05, 0.1) is 5.69 Å². The molecule has 2 aliphatic rings. The van der Waals surface area contributed by atoms with Gasteiger partial charge in [0.15, 0.2) is 0 Å². The second-order valence-corrected chi connectivity index (χ2v) is 7.99. The zero-order valence-corrected chi connectivity index (χ0v) is 15.3. The first-order valence-electron chi connectivity index (χ1n) is 8.83. The molecular formula is C20H22FN3S. The molecule has 0 spiro atoms. The van der Waals surface area contributed by atoms with Crippen molar-refractivity contribution in [3.8, 4) is 11.3 Å². The van der Waals surface area contributed by atoms with Crippen LogP contribution in [0.1, 0.15) is 26.7 Å². The zero-order valence-electron chi connectivity index (χ0n) is 14.5. The van der Waals surface area contributed by atoms with Crippen LogP contribution in [0.25, 0.3) is 11.3 Å². The molecular weight excluding hydrogens is 333 g/mol. The Morgan fingerprint density at radius 2 is 2.00 bits per heavy atom. The van der Waals surface area contributed by atoms with Crippen molar-refractivity contribution in [2.45, 2.75) is 32.7 Å². The van der Waals surface area contributed by atoms with Crippen LogP contribution in [0.3, 0.4) is 0 Å². The first-order chi connectivity index (χ1) is 12.1. The van der Waals surface area contributed by atoms with Gasteiger partial charge in [-0.05, 0) is 62.8 Å². The van der Waals surface area contributed by atoms with E-state index in [0.29, 0.717) is 11.8 Å². The van der Waals surface area contributed by atoms with Crippen LogP contribution in [0, 0.1) is 23.6 Å². The number of nitrogens with zero attached hydrogens (tertiary/aromatic N) is 3. The monoisotopic (exact) mass is 355 g/mol. The Morgan fingerprint density at radius 1 is 1.20 bits per heavy atom. The summed E-state index contributed by atoms with van der Waals surface area (Å²) < 4.78 is 15.2. The minimum absolute atomic E-state index is 0.201. The van der Waals surface area contributed by atoms with E-state index in [1.807, 2.05) is 10.1 Å². The Balaban J connectivity index is 1.72. The molecule has 130 valence electrons. The summed E-state index contributed by atoms with van der Waals surface area (Å²) in [4.78, 5) is 5.57. The normalized spacial score (nSPS) is 25.8. The topological polar surface area (TPSA) is 29.6 Å². The van der Waals surface area contributed by atoms with Crippen LogP contribution >= 0.6 is 11.3 Å². The Bertz CT molecular complexity index is 873. The summed E-state index contributed by atoms with van der Waals surface area (Å²) in [6.07, 6.45) is 9.23. The summed E-state index contributed by atoms with van der Waals surface area (Å²) in [7, 11) is 0. The molecule has 3 nitrogen and oxygen atoms in total. The lowest BCUT2D eigenvalue weighted by Gasteiger charge is -2.12. The van der Waals surface area contributed by atoms with Gasteiger partial charge in [-0.25, -0.2) is 9.07 Å². The number of allylic oxidation sites excluding steroid dienone is 2. The van der Waals surface area contributed by atoms with Crippen molar-refractivity contribution in [2.75, 3.05) is 0 Å². The summed E-state index contributed by atoms with van der Waals surface area (Å²) in [6, 6.07) is 6.76. The molecule has 25 heavy (non-hydrogen) atoms. The molecule has 0 N–H and O–H groups in total. The maximum atomic E-state index is 13.3. The smallest absolute Gasteiger partial charge is 0.206 e. The number of benzene rings is 1. The fraction of sp³-hybridized carbons (Fsp3) is 0.400. The molecule has 3 atom stereocenters. The van der Waals surface area contributed by atoms with E-state index < -0.39 is 0 Å². The number of rotatable bonds is 4. The van der Waals surface area contributed by atoms with Crippen LogP contribution in [0.5, 0.6) is 0 Å². The first-order valence-corrected chi connectivity index (χ1v) is 9.71. The second-order valence-electron chi connectivity index (χ2n) is 7.15. The average molecular weight is 355 g/mol. The molecule has 2 bridgehead atoms. The van der Waals surface area contributed by atoms with Crippen molar-refractivity contribution in [3.63, 3.8) is 0 Å². The fourth-order valence-electron chi connectivity index (χ4n) is 3.69. The van der Waals surface area contributed by atoms with Gasteiger partial charge in [0.2, 0.25) is 4.80 Å². The fourth-order valence-corrected chi connectivity index (χ4v) is 4.66. The van der Waals surface area contributed by atoms with E-state index in [0.717, 1.165) is 22.0 Å². The van der Waals surface area contributed by atoms with Crippen LogP contribution in [0.4, 0.5) is 4.39 Å². The number of aromatic nitrogens is 1. The third-order valence-electron chi connectivity index (χ3n) is 4.90. The second kappa shape index (κ2) is 6.71. The highest BCUT2D eigenvalue weighted by Gasteiger charge is 2.34. The van der Waals surface area contributed by atoms with Crippen LogP contribution < -0.4 is 4.80 Å². The zero-order chi connectivity index (χ0) is 17.4. The third-order valence-corrected chi connectivity index (χ3v) is 5.73. The predicted molar refractivity (Wildman–Crippen MR) is 101 cm³/mol. The SMILES string of the molecule is CC(C)N=c1scc(-c2ccc(F)cc2)n1N=CC1CC2C=CC1C2. The van der Waals surface area contributed by atoms with E-state index in [4.69, 9.17) is 10.1 Å². The lowest BCUT2D eigenvalue weighted by atomic mass is 9.95. The van der Waals surface area contributed by atoms with Crippen molar-refractivity contribution in [3.05, 3.63) is 52.4 Å². The minimum Gasteiger partial charge on any atom is -0.255 e. The first kappa shape index (κ1) is 16.5. The molecule has 1 fully saturated rings. The van der Waals surface area contributed by atoms with Crippen LogP contribution in [0.2, 0.25) is 0 Å². The molecule has 1 saturated carbocycles. The quantitative estimate of drug-likeness (QED) is 0.561. The number of hydrogen-bond acceptors (Lipinski definition) is 3. The van der Waals surface area contributed by atoms with E-state index in [1.54, 1.807) is 23.5 Å². The molecule has 0 aliphatic heterocycles. The van der Waals surface area contributed by atoms with Crippen LogP contribution in [-0.4, -0.2) is 16.9 Å². The molecule has 2 aromatic rings. The molecule has 5 heteroatoms. The number of hydrogen-bond donors (Lipinski definition) is 0. The van der Waals surface area contributed by atoms with Crippen molar-refractivity contribution in [1.29, 1.82) is 0 Å². The van der Waals surface area contributed by atoms with Gasteiger partial charge >= 0.3 is 0 Å². The standard InChI is InChI=1S/C20H22FN3S/c1-13(2)23-20-24(22-11-17-10-14-3-4-16(17)9-14)19(12-25-20)15-5-7-18(21)8-6-15/h3-8,11-14,16-17H,9-10H2,1-2H3. The Hall–Kier alpha value is -2.01. The average Bonchev–Trinajstić information content (AvgIpc) is 3.29. The van der Waals surface area contributed by atoms with Crippen molar-refractivity contribution < 1.29 is 4.39 Å². The lowest BCUT2D eigenvalue weighted by molar-refractivity contribution is 0.589. The van der Waals surface area contributed by atoms with E-state index in [1.165, 1.54) is 25.0 Å². The minimum atomic E-state index is -0.227. The summed E-state index contributed by atoms with van der Waals surface area (Å²) in [6.45, 7) is 4.12. The van der Waals surface area contributed by atoms with Gasteiger partial charge in [-0.1, -0.05) is 12.2 Å².